The van der Waals surface area contributed by atoms with Crippen LogP contribution in [0, 0.1) is 0 Å². The van der Waals surface area contributed by atoms with Crippen LogP contribution in [0.2, 0.25) is 0 Å². The Morgan fingerprint density at radius 1 is 1.03 bits per heavy atom. The van der Waals surface area contributed by atoms with E-state index in [1.54, 1.807) is 24.4 Å². The summed E-state index contributed by atoms with van der Waals surface area (Å²) in [5, 5.41) is 11.2. The zero-order valence-corrected chi connectivity index (χ0v) is 19.3. The zero-order chi connectivity index (χ0) is 25.2. The SMILES string of the molecule is O=C(CCCCCn1ccnc1-c1c2ccc(=O)cc-2oc2cc(O)ccc12)ON1C(=O)CCC1=O. The van der Waals surface area contributed by atoms with Crippen molar-refractivity contribution in [3.8, 4) is 28.5 Å². The Kier molecular flexibility index (Phi) is 6.24. The van der Waals surface area contributed by atoms with Crippen molar-refractivity contribution in [2.75, 3.05) is 0 Å². The van der Waals surface area contributed by atoms with Crippen LogP contribution in [0.4, 0.5) is 0 Å². The Morgan fingerprint density at radius 3 is 2.64 bits per heavy atom. The fourth-order valence-corrected chi connectivity index (χ4v) is 4.35. The molecule has 5 rings (SSSR count). The lowest BCUT2D eigenvalue weighted by molar-refractivity contribution is -0.197. The minimum Gasteiger partial charge on any atom is -0.508 e. The molecule has 3 aliphatic rings. The van der Waals surface area contributed by atoms with Gasteiger partial charge in [0.05, 0.1) is 0 Å². The molecule has 2 aliphatic heterocycles. The van der Waals surface area contributed by atoms with Crippen molar-refractivity contribution in [2.45, 2.75) is 45.1 Å². The molecule has 0 atom stereocenters. The number of phenolic OH excluding ortho intramolecular Hbond substituents is 1. The van der Waals surface area contributed by atoms with E-state index in [0.29, 0.717) is 41.6 Å². The van der Waals surface area contributed by atoms with Crippen LogP contribution in [-0.2, 0) is 25.8 Å². The lowest BCUT2D eigenvalue weighted by atomic mass is 9.98. The number of imide groups is 1. The molecule has 1 aliphatic carbocycles. The summed E-state index contributed by atoms with van der Waals surface area (Å²) in [6.07, 6.45) is 5.80. The van der Waals surface area contributed by atoms with E-state index in [2.05, 4.69) is 4.98 Å². The number of benzene rings is 2. The first-order valence-corrected chi connectivity index (χ1v) is 11.7. The Bertz CT molecular complexity index is 1490. The van der Waals surface area contributed by atoms with Crippen LogP contribution in [-0.4, -0.2) is 37.5 Å². The van der Waals surface area contributed by atoms with Gasteiger partial charge in [0.25, 0.3) is 11.8 Å². The van der Waals surface area contributed by atoms with E-state index in [4.69, 9.17) is 9.25 Å². The maximum Gasteiger partial charge on any atom is 0.333 e. The molecule has 0 spiro atoms. The Hall–Kier alpha value is -4.47. The second-order valence-corrected chi connectivity index (χ2v) is 8.62. The number of unbranched alkanes of at least 4 members (excludes halogenated alkanes) is 2. The topological polar surface area (TPSA) is 132 Å². The van der Waals surface area contributed by atoms with E-state index < -0.39 is 17.8 Å². The first-order chi connectivity index (χ1) is 17.4. The van der Waals surface area contributed by atoms with Crippen molar-refractivity contribution in [2.24, 2.45) is 0 Å². The summed E-state index contributed by atoms with van der Waals surface area (Å²) >= 11 is 0. The van der Waals surface area contributed by atoms with Crippen molar-refractivity contribution < 1.29 is 28.7 Å². The molecule has 1 aromatic carbocycles. The maximum absolute atomic E-state index is 12.0. The number of nitrogens with zero attached hydrogens (tertiary/aromatic N) is 3. The van der Waals surface area contributed by atoms with Crippen LogP contribution in [0.15, 0.2) is 58.0 Å². The molecule has 1 N–H and O–H groups in total. The van der Waals surface area contributed by atoms with Gasteiger partial charge in [0, 0.05) is 66.8 Å². The lowest BCUT2D eigenvalue weighted by Crippen LogP contribution is -2.31. The number of aromatic hydroxyl groups is 1. The average molecular weight is 489 g/mol. The number of aromatic nitrogens is 2. The lowest BCUT2D eigenvalue weighted by Gasteiger charge is -2.16. The quantitative estimate of drug-likeness (QED) is 0.225. The van der Waals surface area contributed by atoms with Crippen molar-refractivity contribution in [3.63, 3.8) is 0 Å². The highest BCUT2D eigenvalue weighted by molar-refractivity contribution is 6.02. The van der Waals surface area contributed by atoms with E-state index >= 15 is 0 Å². The molecule has 1 aromatic heterocycles. The number of fused-ring (bicyclic) bond motifs is 2. The van der Waals surface area contributed by atoms with Crippen LogP contribution < -0.4 is 5.43 Å². The molecule has 2 aromatic rings. The van der Waals surface area contributed by atoms with Gasteiger partial charge in [0.2, 0.25) is 0 Å². The molecule has 10 heteroatoms. The molecule has 184 valence electrons. The second-order valence-electron chi connectivity index (χ2n) is 8.62. The Balaban J connectivity index is 1.29. The molecule has 36 heavy (non-hydrogen) atoms. The number of phenols is 1. The monoisotopic (exact) mass is 489 g/mol. The summed E-state index contributed by atoms with van der Waals surface area (Å²) in [6.45, 7) is 0.625. The zero-order valence-electron chi connectivity index (χ0n) is 19.3. The van der Waals surface area contributed by atoms with E-state index in [0.717, 1.165) is 22.9 Å². The van der Waals surface area contributed by atoms with Gasteiger partial charge in [-0.25, -0.2) is 9.78 Å². The van der Waals surface area contributed by atoms with Crippen LogP contribution in [0.5, 0.6) is 5.75 Å². The van der Waals surface area contributed by atoms with Crippen LogP contribution >= 0.6 is 0 Å². The first kappa shape index (κ1) is 23.3. The van der Waals surface area contributed by atoms with E-state index in [1.807, 2.05) is 10.8 Å². The van der Waals surface area contributed by atoms with Gasteiger partial charge in [-0.3, -0.25) is 14.4 Å². The third-order valence-corrected chi connectivity index (χ3v) is 6.09. The van der Waals surface area contributed by atoms with Crippen molar-refractivity contribution in [1.82, 2.24) is 14.6 Å². The molecular formula is C26H23N3O7. The normalized spacial score (nSPS) is 13.7. The summed E-state index contributed by atoms with van der Waals surface area (Å²) in [4.78, 5) is 56.5. The van der Waals surface area contributed by atoms with Gasteiger partial charge >= 0.3 is 5.97 Å². The van der Waals surface area contributed by atoms with Crippen LogP contribution in [0.3, 0.4) is 0 Å². The smallest absolute Gasteiger partial charge is 0.333 e. The number of amides is 2. The van der Waals surface area contributed by atoms with Gasteiger partial charge in [-0.2, -0.15) is 0 Å². The minimum absolute atomic E-state index is 0.0511. The number of hydrogen-bond acceptors (Lipinski definition) is 8. The number of hydrogen-bond donors (Lipinski definition) is 1. The molecular weight excluding hydrogens is 466 g/mol. The molecule has 3 heterocycles. The summed E-state index contributed by atoms with van der Waals surface area (Å²) in [7, 11) is 0. The van der Waals surface area contributed by atoms with Crippen molar-refractivity contribution >= 4 is 28.8 Å². The Labute approximate surface area is 205 Å². The van der Waals surface area contributed by atoms with Crippen LogP contribution in [0.1, 0.15) is 38.5 Å². The number of imidazole rings is 1. The molecule has 10 nitrogen and oxygen atoms in total. The third kappa shape index (κ3) is 4.57. The molecule has 0 unspecified atom stereocenters. The molecule has 1 fully saturated rings. The largest absolute Gasteiger partial charge is 0.508 e. The van der Waals surface area contributed by atoms with Gasteiger partial charge in [0.15, 0.2) is 5.43 Å². The van der Waals surface area contributed by atoms with Gasteiger partial charge in [0.1, 0.15) is 22.9 Å². The number of hydroxylamine groups is 2. The highest BCUT2D eigenvalue weighted by Gasteiger charge is 2.32. The predicted octanol–water partition coefficient (Wildman–Crippen LogP) is 3.63. The Morgan fingerprint density at radius 2 is 1.83 bits per heavy atom. The van der Waals surface area contributed by atoms with E-state index in [9.17, 15) is 24.3 Å². The highest BCUT2D eigenvalue weighted by Crippen LogP contribution is 2.40. The third-order valence-electron chi connectivity index (χ3n) is 6.09. The van der Waals surface area contributed by atoms with E-state index in [-0.39, 0.29) is 30.4 Å². The summed E-state index contributed by atoms with van der Waals surface area (Å²) in [6, 6.07) is 9.44. The average Bonchev–Trinajstić information content (AvgIpc) is 3.43. The van der Waals surface area contributed by atoms with Gasteiger partial charge in [-0.1, -0.05) is 6.42 Å². The first-order valence-electron chi connectivity index (χ1n) is 11.7. The number of carbonyl (C=O) groups is 3. The molecule has 0 bridgehead atoms. The standard InChI is InChI=1S/C26H23N3O7/c30-16-5-7-18-20(14-16)35-21-15-17(31)6-8-19(21)25(18)26-27-11-13-28(26)12-3-1-2-4-24(34)36-29-22(32)9-10-23(29)33/h5-8,11,13-15,30H,1-4,9-10,12H2. The number of carbonyl (C=O) groups excluding carboxylic acids is 3. The number of aryl methyl sites for hydroxylation is 1. The predicted molar refractivity (Wildman–Crippen MR) is 128 cm³/mol. The van der Waals surface area contributed by atoms with Gasteiger partial charge in [-0.05, 0) is 37.1 Å². The maximum atomic E-state index is 12.0. The van der Waals surface area contributed by atoms with E-state index in [1.165, 1.54) is 18.2 Å². The fraction of sp³-hybridized carbons (Fsp3) is 0.269. The van der Waals surface area contributed by atoms with Crippen molar-refractivity contribution in [3.05, 3.63) is 59.0 Å². The van der Waals surface area contributed by atoms with Crippen LogP contribution in [0.25, 0.3) is 33.7 Å². The van der Waals surface area contributed by atoms with Gasteiger partial charge in [-0.15, -0.1) is 5.06 Å². The molecule has 0 radical (unpaired) electrons. The highest BCUT2D eigenvalue weighted by atomic mass is 16.7. The molecule has 1 saturated heterocycles. The summed E-state index contributed by atoms with van der Waals surface area (Å²) in [5.41, 5.74) is 1.77. The van der Waals surface area contributed by atoms with Gasteiger partial charge < -0.3 is 18.9 Å². The second kappa shape index (κ2) is 9.65. The minimum atomic E-state index is -0.603. The fourth-order valence-electron chi connectivity index (χ4n) is 4.35. The summed E-state index contributed by atoms with van der Waals surface area (Å²) in [5.74, 6) is -0.439. The van der Waals surface area contributed by atoms with Crippen molar-refractivity contribution in [1.29, 1.82) is 0 Å². The summed E-state index contributed by atoms with van der Waals surface area (Å²) < 4.78 is 7.89. The molecule has 0 saturated carbocycles. The molecule has 2 amide bonds. The number of rotatable bonds is 8.